The van der Waals surface area contributed by atoms with Crippen molar-refractivity contribution in [1.82, 2.24) is 0 Å². The van der Waals surface area contributed by atoms with Crippen LogP contribution in [0.15, 0.2) is 60.7 Å². The van der Waals surface area contributed by atoms with Crippen molar-refractivity contribution in [1.29, 1.82) is 0 Å². The fraction of sp³-hybridized carbons (Fsp3) is 0.136. The first-order valence-corrected chi connectivity index (χ1v) is 8.85. The molecule has 4 nitrogen and oxygen atoms in total. The molecule has 3 aromatic carbocycles. The van der Waals surface area contributed by atoms with Crippen LogP contribution >= 0.6 is 11.6 Å². The van der Waals surface area contributed by atoms with Gasteiger partial charge >= 0.3 is 0 Å². The average molecular weight is 382 g/mol. The van der Waals surface area contributed by atoms with E-state index in [4.69, 9.17) is 21.1 Å². The summed E-state index contributed by atoms with van der Waals surface area (Å²) in [7, 11) is 1.58. The highest BCUT2D eigenvalue weighted by Gasteiger charge is 2.14. The molecule has 1 N–H and O–H groups in total. The Kier molecular flexibility index (Phi) is 5.67. The first kappa shape index (κ1) is 18.8. The van der Waals surface area contributed by atoms with Gasteiger partial charge < -0.3 is 14.8 Å². The molecule has 3 rings (SSSR count). The molecule has 3 aromatic rings. The van der Waals surface area contributed by atoms with Gasteiger partial charge in [0.2, 0.25) is 0 Å². The van der Waals surface area contributed by atoms with Crippen LogP contribution in [0.2, 0.25) is 5.02 Å². The largest absolute Gasteiger partial charge is 0.493 e. The zero-order chi connectivity index (χ0) is 19.4. The van der Waals surface area contributed by atoms with Crippen LogP contribution in [0.1, 0.15) is 21.5 Å². The second kappa shape index (κ2) is 8.14. The van der Waals surface area contributed by atoms with Gasteiger partial charge in [-0.3, -0.25) is 4.79 Å². The van der Waals surface area contributed by atoms with Gasteiger partial charge in [0, 0.05) is 10.6 Å². The summed E-state index contributed by atoms with van der Waals surface area (Å²) in [5.74, 6) is 1.38. The minimum Gasteiger partial charge on any atom is -0.493 e. The molecule has 0 aliphatic carbocycles. The van der Waals surface area contributed by atoms with Crippen LogP contribution in [-0.4, -0.2) is 13.0 Å². The molecule has 0 saturated heterocycles. The van der Waals surface area contributed by atoms with Crippen LogP contribution in [0.25, 0.3) is 0 Å². The number of carbonyl (C=O) groups excluding carboxylic acids is 1. The Hall–Kier alpha value is -2.98. The lowest BCUT2D eigenvalue weighted by atomic mass is 10.1. The zero-order valence-electron chi connectivity index (χ0n) is 15.4. The Morgan fingerprint density at radius 1 is 0.889 bits per heavy atom. The molecule has 0 unspecified atom stereocenters. The van der Waals surface area contributed by atoms with Gasteiger partial charge in [-0.1, -0.05) is 29.8 Å². The number of ether oxygens (including phenoxy) is 2. The number of halogens is 1. The number of methoxy groups -OCH3 is 1. The van der Waals surface area contributed by atoms with E-state index in [1.54, 1.807) is 43.5 Å². The van der Waals surface area contributed by atoms with Crippen molar-refractivity contribution in [2.45, 2.75) is 13.8 Å². The summed E-state index contributed by atoms with van der Waals surface area (Å²) in [6, 6.07) is 18.0. The SMILES string of the molecule is COc1ccccc1Oc1ccc(Cl)cc1NC(=O)c1ccc(C)c(C)c1. The highest BCUT2D eigenvalue weighted by atomic mass is 35.5. The summed E-state index contributed by atoms with van der Waals surface area (Å²) >= 11 is 6.12. The molecule has 0 heterocycles. The van der Waals surface area contributed by atoms with Crippen LogP contribution in [0, 0.1) is 13.8 Å². The number of anilines is 1. The second-order valence-corrected chi connectivity index (χ2v) is 6.58. The van der Waals surface area contributed by atoms with E-state index >= 15 is 0 Å². The summed E-state index contributed by atoms with van der Waals surface area (Å²) in [6.45, 7) is 3.98. The monoisotopic (exact) mass is 381 g/mol. The summed E-state index contributed by atoms with van der Waals surface area (Å²) in [5.41, 5.74) is 3.24. The van der Waals surface area contributed by atoms with E-state index in [0.29, 0.717) is 33.5 Å². The van der Waals surface area contributed by atoms with Crippen molar-refractivity contribution in [2.24, 2.45) is 0 Å². The first-order valence-electron chi connectivity index (χ1n) is 8.47. The van der Waals surface area contributed by atoms with Gasteiger partial charge in [0.05, 0.1) is 12.8 Å². The van der Waals surface area contributed by atoms with Gasteiger partial charge in [0.15, 0.2) is 17.2 Å². The molecule has 27 heavy (non-hydrogen) atoms. The second-order valence-electron chi connectivity index (χ2n) is 6.15. The molecule has 0 fully saturated rings. The molecule has 0 spiro atoms. The minimum atomic E-state index is -0.231. The normalized spacial score (nSPS) is 10.4. The van der Waals surface area contributed by atoms with Gasteiger partial charge in [-0.25, -0.2) is 0 Å². The number of hydrogen-bond acceptors (Lipinski definition) is 3. The maximum absolute atomic E-state index is 12.7. The average Bonchev–Trinajstić information content (AvgIpc) is 2.66. The molecule has 1 amide bonds. The fourth-order valence-electron chi connectivity index (χ4n) is 2.59. The number of aryl methyl sites for hydroxylation is 2. The maximum Gasteiger partial charge on any atom is 0.255 e. The summed E-state index contributed by atoms with van der Waals surface area (Å²) in [4.78, 5) is 12.7. The van der Waals surface area contributed by atoms with Crippen LogP contribution in [0.3, 0.4) is 0 Å². The van der Waals surface area contributed by atoms with E-state index in [1.165, 1.54) is 0 Å². The summed E-state index contributed by atoms with van der Waals surface area (Å²) < 4.78 is 11.3. The number of rotatable bonds is 5. The van der Waals surface area contributed by atoms with E-state index in [0.717, 1.165) is 11.1 Å². The van der Waals surface area contributed by atoms with E-state index in [-0.39, 0.29) is 5.91 Å². The maximum atomic E-state index is 12.7. The predicted octanol–water partition coefficient (Wildman–Crippen LogP) is 6.01. The summed E-state index contributed by atoms with van der Waals surface area (Å²) in [5, 5.41) is 3.38. The molecule has 0 atom stereocenters. The number of benzene rings is 3. The van der Waals surface area contributed by atoms with Crippen LogP contribution in [0.5, 0.6) is 17.2 Å². The molecule has 138 valence electrons. The first-order chi connectivity index (χ1) is 13.0. The molecule has 0 aliphatic heterocycles. The Balaban J connectivity index is 1.90. The van der Waals surface area contributed by atoms with Crippen molar-refractivity contribution in [3.8, 4) is 17.2 Å². The topological polar surface area (TPSA) is 47.6 Å². The van der Waals surface area contributed by atoms with E-state index in [9.17, 15) is 4.79 Å². The predicted molar refractivity (Wildman–Crippen MR) is 108 cm³/mol. The molecular weight excluding hydrogens is 362 g/mol. The Morgan fingerprint density at radius 2 is 1.63 bits per heavy atom. The van der Waals surface area contributed by atoms with Gasteiger partial charge in [0.1, 0.15) is 0 Å². The van der Waals surface area contributed by atoms with E-state index in [1.807, 2.05) is 38.1 Å². The molecule has 0 saturated carbocycles. The minimum absolute atomic E-state index is 0.231. The summed E-state index contributed by atoms with van der Waals surface area (Å²) in [6.07, 6.45) is 0. The van der Waals surface area contributed by atoms with Gasteiger partial charge in [-0.05, 0) is 67.4 Å². The fourth-order valence-corrected chi connectivity index (χ4v) is 2.76. The highest BCUT2D eigenvalue weighted by molar-refractivity contribution is 6.31. The van der Waals surface area contributed by atoms with Crippen molar-refractivity contribution in [3.05, 3.63) is 82.4 Å². The third-order valence-corrected chi connectivity index (χ3v) is 4.48. The van der Waals surface area contributed by atoms with Crippen molar-refractivity contribution in [3.63, 3.8) is 0 Å². The quantitative estimate of drug-likeness (QED) is 0.588. The Bertz CT molecular complexity index is 985. The third kappa shape index (κ3) is 4.41. The number of para-hydroxylation sites is 2. The van der Waals surface area contributed by atoms with Gasteiger partial charge in [0.25, 0.3) is 5.91 Å². The van der Waals surface area contributed by atoms with Crippen LogP contribution in [-0.2, 0) is 0 Å². The standard InChI is InChI=1S/C22H20ClNO3/c1-14-8-9-16(12-15(14)2)22(25)24-18-13-17(23)10-11-19(18)27-21-7-5-4-6-20(21)26-3/h4-13H,1-3H3,(H,24,25). The van der Waals surface area contributed by atoms with Gasteiger partial charge in [-0.2, -0.15) is 0 Å². The number of hydrogen-bond donors (Lipinski definition) is 1. The van der Waals surface area contributed by atoms with Crippen LogP contribution in [0.4, 0.5) is 5.69 Å². The molecule has 0 radical (unpaired) electrons. The lowest BCUT2D eigenvalue weighted by Gasteiger charge is -2.15. The Morgan fingerprint density at radius 3 is 2.33 bits per heavy atom. The molecule has 0 bridgehead atoms. The highest BCUT2D eigenvalue weighted by Crippen LogP contribution is 2.36. The van der Waals surface area contributed by atoms with Crippen molar-refractivity contribution < 1.29 is 14.3 Å². The molecular formula is C22H20ClNO3. The van der Waals surface area contributed by atoms with Crippen molar-refractivity contribution in [2.75, 3.05) is 12.4 Å². The number of carbonyl (C=O) groups is 1. The number of nitrogens with one attached hydrogen (secondary N) is 1. The molecule has 0 aromatic heterocycles. The molecule has 0 aliphatic rings. The van der Waals surface area contributed by atoms with Crippen LogP contribution < -0.4 is 14.8 Å². The lowest BCUT2D eigenvalue weighted by Crippen LogP contribution is -2.13. The number of amides is 1. The third-order valence-electron chi connectivity index (χ3n) is 4.25. The van der Waals surface area contributed by atoms with Gasteiger partial charge in [-0.15, -0.1) is 0 Å². The van der Waals surface area contributed by atoms with E-state index in [2.05, 4.69) is 5.32 Å². The lowest BCUT2D eigenvalue weighted by molar-refractivity contribution is 0.102. The van der Waals surface area contributed by atoms with Crippen molar-refractivity contribution >= 4 is 23.2 Å². The van der Waals surface area contributed by atoms with E-state index < -0.39 is 0 Å². The molecule has 5 heteroatoms. The Labute approximate surface area is 163 Å². The smallest absolute Gasteiger partial charge is 0.255 e. The zero-order valence-corrected chi connectivity index (χ0v) is 16.1.